The van der Waals surface area contributed by atoms with Gasteiger partial charge in [-0.2, -0.15) is 0 Å². The fraction of sp³-hybridized carbons (Fsp3) is 0.389. The zero-order valence-corrected chi connectivity index (χ0v) is 14.7. The zero-order valence-electron chi connectivity index (χ0n) is 14.7. The van der Waals surface area contributed by atoms with Gasteiger partial charge in [0.05, 0.1) is 18.7 Å². The number of hydrogen-bond donors (Lipinski definition) is 2. The van der Waals surface area contributed by atoms with Crippen molar-refractivity contribution in [1.29, 1.82) is 0 Å². The Morgan fingerprint density at radius 3 is 2.28 bits per heavy atom. The van der Waals surface area contributed by atoms with Crippen LogP contribution in [0.5, 0.6) is 0 Å². The molecule has 0 spiro atoms. The fourth-order valence-electron chi connectivity index (χ4n) is 2.55. The average molecular weight is 346 g/mol. The lowest BCUT2D eigenvalue weighted by atomic mass is 9.88. The summed E-state index contributed by atoms with van der Waals surface area (Å²) in [5, 5.41) is 5.23. The van der Waals surface area contributed by atoms with Gasteiger partial charge in [-0.15, -0.1) is 0 Å². The van der Waals surface area contributed by atoms with E-state index in [1.165, 1.54) is 7.11 Å². The molecular formula is C18H22N2O5. The molecule has 1 fully saturated rings. The minimum absolute atomic E-state index is 0.264. The molecule has 2 atom stereocenters. The van der Waals surface area contributed by atoms with Gasteiger partial charge < -0.3 is 20.1 Å². The van der Waals surface area contributed by atoms with Gasteiger partial charge in [0, 0.05) is 5.70 Å². The Kier molecular flexibility index (Phi) is 5.15. The normalized spacial score (nSPS) is 20.3. The standard InChI is InChI=1S/C18H22N2O5/c1-10-13(16(22)25-18(2,3)4)14(20-17(23)19-10)11-6-8-12(9-7-11)15(21)24-5/h6-9,13-14H,1H2,2-5H3,(H2,19,20,23)/t13-,14+/m1/s1. The van der Waals surface area contributed by atoms with Crippen LogP contribution in [0.1, 0.15) is 42.7 Å². The molecule has 2 rings (SSSR count). The van der Waals surface area contributed by atoms with Crippen LogP contribution in [0.25, 0.3) is 0 Å². The summed E-state index contributed by atoms with van der Waals surface area (Å²) in [7, 11) is 1.30. The first-order valence-corrected chi connectivity index (χ1v) is 7.80. The van der Waals surface area contributed by atoms with Crippen molar-refractivity contribution < 1.29 is 23.9 Å². The third-order valence-corrected chi connectivity index (χ3v) is 3.62. The first kappa shape index (κ1) is 18.5. The Labute approximate surface area is 146 Å². The van der Waals surface area contributed by atoms with Crippen molar-refractivity contribution >= 4 is 18.0 Å². The van der Waals surface area contributed by atoms with Crippen LogP contribution < -0.4 is 10.6 Å². The highest BCUT2D eigenvalue weighted by atomic mass is 16.6. The van der Waals surface area contributed by atoms with Gasteiger partial charge in [-0.25, -0.2) is 9.59 Å². The lowest BCUT2D eigenvalue weighted by Crippen LogP contribution is -2.51. The molecular weight excluding hydrogens is 324 g/mol. The molecule has 2 N–H and O–H groups in total. The molecule has 7 nitrogen and oxygen atoms in total. The maximum absolute atomic E-state index is 12.6. The van der Waals surface area contributed by atoms with Crippen LogP contribution in [-0.4, -0.2) is 30.7 Å². The highest BCUT2D eigenvalue weighted by Crippen LogP contribution is 2.31. The summed E-state index contributed by atoms with van der Waals surface area (Å²) in [5.41, 5.74) is 0.622. The van der Waals surface area contributed by atoms with Crippen molar-refractivity contribution in [1.82, 2.24) is 10.6 Å². The van der Waals surface area contributed by atoms with E-state index in [1.54, 1.807) is 45.0 Å². The number of carbonyl (C=O) groups is 3. The molecule has 25 heavy (non-hydrogen) atoms. The maximum atomic E-state index is 12.6. The molecule has 7 heteroatoms. The number of benzene rings is 1. The van der Waals surface area contributed by atoms with E-state index >= 15 is 0 Å². The minimum Gasteiger partial charge on any atom is -0.465 e. The second-order valence-corrected chi connectivity index (χ2v) is 6.73. The quantitative estimate of drug-likeness (QED) is 0.819. The second kappa shape index (κ2) is 6.96. The first-order valence-electron chi connectivity index (χ1n) is 7.80. The van der Waals surface area contributed by atoms with Crippen molar-refractivity contribution in [3.63, 3.8) is 0 Å². The van der Waals surface area contributed by atoms with Gasteiger partial charge in [-0.05, 0) is 38.5 Å². The summed E-state index contributed by atoms with van der Waals surface area (Å²) < 4.78 is 10.1. The number of methoxy groups -OCH3 is 1. The van der Waals surface area contributed by atoms with Crippen LogP contribution in [0, 0.1) is 5.92 Å². The number of rotatable bonds is 3. The van der Waals surface area contributed by atoms with E-state index in [2.05, 4.69) is 21.9 Å². The molecule has 134 valence electrons. The fourth-order valence-corrected chi connectivity index (χ4v) is 2.55. The molecule has 1 aromatic carbocycles. The van der Waals surface area contributed by atoms with Gasteiger partial charge in [0.1, 0.15) is 11.5 Å². The summed E-state index contributed by atoms with van der Waals surface area (Å²) in [6.07, 6.45) is 0. The Morgan fingerprint density at radius 2 is 1.76 bits per heavy atom. The average Bonchev–Trinajstić information content (AvgIpc) is 2.51. The highest BCUT2D eigenvalue weighted by molar-refractivity contribution is 5.89. The van der Waals surface area contributed by atoms with Crippen LogP contribution in [0.2, 0.25) is 0 Å². The number of ether oxygens (including phenoxy) is 2. The molecule has 2 amide bonds. The monoisotopic (exact) mass is 346 g/mol. The summed E-state index contributed by atoms with van der Waals surface area (Å²) in [6.45, 7) is 9.08. The SMILES string of the molecule is C=C1NC(=O)N[C@@H](c2ccc(C(=O)OC)cc2)[C@@H]1C(=O)OC(C)(C)C. The Bertz CT molecular complexity index is 703. The molecule has 0 bridgehead atoms. The van der Waals surface area contributed by atoms with Gasteiger partial charge in [0.15, 0.2) is 0 Å². The van der Waals surface area contributed by atoms with Gasteiger partial charge in [-0.3, -0.25) is 4.79 Å². The molecule has 1 aliphatic heterocycles. The van der Waals surface area contributed by atoms with Crippen molar-refractivity contribution in [2.75, 3.05) is 7.11 Å². The molecule has 1 heterocycles. The van der Waals surface area contributed by atoms with Gasteiger partial charge in [0.25, 0.3) is 0 Å². The number of hydrogen-bond acceptors (Lipinski definition) is 5. The van der Waals surface area contributed by atoms with Gasteiger partial charge in [-0.1, -0.05) is 18.7 Å². The number of amides is 2. The molecule has 1 aromatic rings. The Balaban J connectivity index is 2.33. The van der Waals surface area contributed by atoms with E-state index < -0.39 is 35.5 Å². The third kappa shape index (κ3) is 4.37. The highest BCUT2D eigenvalue weighted by Gasteiger charge is 2.40. The molecule has 0 aliphatic carbocycles. The molecule has 0 radical (unpaired) electrons. The molecule has 0 aromatic heterocycles. The molecule has 0 unspecified atom stereocenters. The van der Waals surface area contributed by atoms with E-state index in [9.17, 15) is 14.4 Å². The number of urea groups is 1. The molecule has 1 aliphatic rings. The van der Waals surface area contributed by atoms with E-state index in [0.717, 1.165) is 0 Å². The number of esters is 2. The van der Waals surface area contributed by atoms with E-state index in [0.29, 0.717) is 11.1 Å². The minimum atomic E-state index is -0.791. The van der Waals surface area contributed by atoms with Gasteiger partial charge in [0.2, 0.25) is 0 Å². The van der Waals surface area contributed by atoms with Crippen molar-refractivity contribution in [2.45, 2.75) is 32.4 Å². The predicted octanol–water partition coefficient (Wildman–Crippen LogP) is 2.30. The predicted molar refractivity (Wildman–Crippen MR) is 90.7 cm³/mol. The van der Waals surface area contributed by atoms with Crippen molar-refractivity contribution in [3.05, 3.63) is 47.7 Å². The summed E-state index contributed by atoms with van der Waals surface area (Å²) in [6, 6.07) is 5.36. The van der Waals surface area contributed by atoms with Crippen LogP contribution in [-0.2, 0) is 14.3 Å². The van der Waals surface area contributed by atoms with Crippen LogP contribution in [0.3, 0.4) is 0 Å². The second-order valence-electron chi connectivity index (χ2n) is 6.73. The summed E-state index contributed by atoms with van der Waals surface area (Å²) in [4.78, 5) is 36.0. The Morgan fingerprint density at radius 1 is 1.16 bits per heavy atom. The summed E-state index contributed by atoms with van der Waals surface area (Å²) in [5.74, 6) is -1.75. The number of carbonyl (C=O) groups excluding carboxylic acids is 3. The largest absolute Gasteiger partial charge is 0.465 e. The van der Waals surface area contributed by atoms with Gasteiger partial charge >= 0.3 is 18.0 Å². The van der Waals surface area contributed by atoms with Crippen molar-refractivity contribution in [2.24, 2.45) is 5.92 Å². The van der Waals surface area contributed by atoms with Crippen molar-refractivity contribution in [3.8, 4) is 0 Å². The van der Waals surface area contributed by atoms with Crippen LogP contribution in [0.15, 0.2) is 36.5 Å². The lowest BCUT2D eigenvalue weighted by molar-refractivity contribution is -0.159. The smallest absolute Gasteiger partial charge is 0.337 e. The molecule has 0 saturated carbocycles. The number of nitrogens with one attached hydrogen (secondary N) is 2. The van der Waals surface area contributed by atoms with E-state index in [-0.39, 0.29) is 5.70 Å². The lowest BCUT2D eigenvalue weighted by Gasteiger charge is -2.35. The topological polar surface area (TPSA) is 93.7 Å². The Hall–Kier alpha value is -2.83. The van der Waals surface area contributed by atoms with E-state index in [1.807, 2.05) is 0 Å². The van der Waals surface area contributed by atoms with Crippen LogP contribution >= 0.6 is 0 Å². The first-order chi connectivity index (χ1) is 11.6. The maximum Gasteiger partial charge on any atom is 0.337 e. The zero-order chi connectivity index (χ0) is 18.8. The molecule has 1 saturated heterocycles. The summed E-state index contributed by atoms with van der Waals surface area (Å²) >= 11 is 0. The van der Waals surface area contributed by atoms with Crippen LogP contribution in [0.4, 0.5) is 4.79 Å². The van der Waals surface area contributed by atoms with E-state index in [4.69, 9.17) is 4.74 Å². The third-order valence-electron chi connectivity index (χ3n) is 3.62.